The Morgan fingerprint density at radius 3 is 2.55 bits per heavy atom. The van der Waals surface area contributed by atoms with E-state index in [-0.39, 0.29) is 37.6 Å². The van der Waals surface area contributed by atoms with E-state index in [1.54, 1.807) is 0 Å². The van der Waals surface area contributed by atoms with Gasteiger partial charge in [-0.3, -0.25) is 23.9 Å². The molecule has 182 valence electrons. The lowest BCUT2D eigenvalue weighted by Gasteiger charge is -2.23. The summed E-state index contributed by atoms with van der Waals surface area (Å²) in [5.74, 6) is -0.785. The van der Waals surface area contributed by atoms with Crippen LogP contribution in [0.25, 0.3) is 0 Å². The molecule has 0 aromatic heterocycles. The molecule has 2 atom stereocenters. The first-order valence-corrected chi connectivity index (χ1v) is 12.6. The number of rotatable bonds is 11. The number of benzene rings is 1. The molecule has 0 radical (unpaired) electrons. The first kappa shape index (κ1) is 26.3. The smallest absolute Gasteiger partial charge is 0.410 e. The van der Waals surface area contributed by atoms with Gasteiger partial charge in [0.2, 0.25) is 11.8 Å². The van der Waals surface area contributed by atoms with Crippen LogP contribution < -0.4 is 11.1 Å². The quantitative estimate of drug-likeness (QED) is 0.235. The minimum atomic E-state index is -3.74. The summed E-state index contributed by atoms with van der Waals surface area (Å²) in [5, 5.41) is 13.1. The first-order chi connectivity index (χ1) is 15.4. The third-order valence-corrected chi connectivity index (χ3v) is 6.14. The fraction of sp³-hybridized carbons (Fsp3) is 0.500. The third-order valence-electron chi connectivity index (χ3n) is 4.43. The van der Waals surface area contributed by atoms with Crippen molar-refractivity contribution in [1.29, 1.82) is 0 Å². The van der Waals surface area contributed by atoms with Gasteiger partial charge in [-0.25, -0.2) is 4.79 Å². The van der Waals surface area contributed by atoms with Crippen LogP contribution in [0.5, 0.6) is 0 Å². The Morgan fingerprint density at radius 2 is 1.97 bits per heavy atom. The number of primary amides is 1. The minimum Gasteiger partial charge on any atom is -0.445 e. The number of nitro benzene ring substituents is 1. The summed E-state index contributed by atoms with van der Waals surface area (Å²) in [7, 11) is -3.74. The Morgan fingerprint density at radius 1 is 1.30 bits per heavy atom. The van der Waals surface area contributed by atoms with Crippen LogP contribution in [0.15, 0.2) is 24.3 Å². The molecular weight excluding hydrogens is 480 g/mol. The molecule has 0 bridgehead atoms. The highest BCUT2D eigenvalue weighted by Gasteiger charge is 2.38. The zero-order chi connectivity index (χ0) is 24.6. The number of likely N-dealkylation sites (tertiary alicyclic amines) is 1. The van der Waals surface area contributed by atoms with Gasteiger partial charge in [-0.15, -0.1) is 11.8 Å². The zero-order valence-electron chi connectivity index (χ0n) is 17.7. The number of carbonyl (C=O) groups excluding carboxylic acids is 3. The number of hydrogen-bond acceptors (Lipinski definition) is 10. The molecule has 0 spiro atoms. The van der Waals surface area contributed by atoms with Gasteiger partial charge in [0.05, 0.1) is 36.1 Å². The lowest BCUT2D eigenvalue weighted by molar-refractivity contribution is -0.384. The molecule has 2 rings (SSSR count). The number of non-ortho nitro benzene ring substituents is 1. The van der Waals surface area contributed by atoms with Crippen molar-refractivity contribution < 1.29 is 36.6 Å². The van der Waals surface area contributed by atoms with Crippen molar-refractivity contribution in [2.45, 2.75) is 25.2 Å². The predicted octanol–water partition coefficient (Wildman–Crippen LogP) is -0.0148. The maximum Gasteiger partial charge on any atom is 0.410 e. The third kappa shape index (κ3) is 9.23. The molecule has 1 aliphatic heterocycles. The van der Waals surface area contributed by atoms with E-state index in [0.29, 0.717) is 11.3 Å². The van der Waals surface area contributed by atoms with Crippen molar-refractivity contribution in [1.82, 2.24) is 10.2 Å². The van der Waals surface area contributed by atoms with Gasteiger partial charge in [0.1, 0.15) is 6.61 Å². The average molecular weight is 505 g/mol. The Labute approximate surface area is 194 Å². The van der Waals surface area contributed by atoms with Crippen LogP contribution in [0.4, 0.5) is 10.5 Å². The summed E-state index contributed by atoms with van der Waals surface area (Å²) in [4.78, 5) is 46.6. The van der Waals surface area contributed by atoms with E-state index in [4.69, 9.17) is 14.7 Å². The van der Waals surface area contributed by atoms with E-state index >= 15 is 0 Å². The molecule has 15 heteroatoms. The monoisotopic (exact) mass is 504 g/mol. The number of nitrogens with two attached hydrogens (primary N) is 1. The lowest BCUT2D eigenvalue weighted by Crippen LogP contribution is -2.38. The molecule has 1 aromatic rings. The summed E-state index contributed by atoms with van der Waals surface area (Å²) < 4.78 is 33.3. The molecule has 33 heavy (non-hydrogen) atoms. The molecule has 1 fully saturated rings. The van der Waals surface area contributed by atoms with E-state index in [1.807, 2.05) is 0 Å². The van der Waals surface area contributed by atoms with E-state index < -0.39 is 45.1 Å². The molecule has 3 amide bonds. The first-order valence-electron chi connectivity index (χ1n) is 9.62. The number of carbonyl (C=O) groups is 3. The van der Waals surface area contributed by atoms with E-state index in [0.717, 1.165) is 6.26 Å². The van der Waals surface area contributed by atoms with Gasteiger partial charge in [0.25, 0.3) is 15.8 Å². The number of nitro groups is 1. The number of hydrogen-bond donors (Lipinski definition) is 2. The normalized spacial score (nSPS) is 18.0. The minimum absolute atomic E-state index is 0.00701. The van der Waals surface area contributed by atoms with Crippen LogP contribution in [0.3, 0.4) is 0 Å². The summed E-state index contributed by atoms with van der Waals surface area (Å²) in [6.07, 6.45) is -0.344. The van der Waals surface area contributed by atoms with E-state index in [9.17, 15) is 32.9 Å². The maximum absolute atomic E-state index is 12.6. The number of nitrogens with zero attached hydrogens (tertiary/aromatic N) is 2. The number of ether oxygens (including phenoxy) is 1. The second-order valence-corrected chi connectivity index (χ2v) is 9.83. The maximum atomic E-state index is 12.6. The van der Waals surface area contributed by atoms with Crippen molar-refractivity contribution in [2.24, 2.45) is 5.73 Å². The topological polar surface area (TPSA) is 188 Å². The number of amides is 3. The van der Waals surface area contributed by atoms with Crippen molar-refractivity contribution in [3.63, 3.8) is 0 Å². The summed E-state index contributed by atoms with van der Waals surface area (Å²) >= 11 is 1.19. The highest BCUT2D eigenvalue weighted by Crippen LogP contribution is 2.26. The van der Waals surface area contributed by atoms with Crippen LogP contribution in [-0.2, 0) is 35.2 Å². The van der Waals surface area contributed by atoms with Gasteiger partial charge in [-0.1, -0.05) is 0 Å². The van der Waals surface area contributed by atoms with Crippen molar-refractivity contribution >= 4 is 45.5 Å². The fourth-order valence-corrected chi connectivity index (χ4v) is 4.67. The van der Waals surface area contributed by atoms with Crippen molar-refractivity contribution in [3.05, 3.63) is 39.9 Å². The molecule has 3 N–H and O–H groups in total. The fourth-order valence-electron chi connectivity index (χ4n) is 3.04. The van der Waals surface area contributed by atoms with Gasteiger partial charge in [-0.05, 0) is 24.1 Å². The zero-order valence-corrected chi connectivity index (χ0v) is 19.3. The van der Waals surface area contributed by atoms with Gasteiger partial charge < -0.3 is 20.7 Å². The number of nitrogens with one attached hydrogen (secondary N) is 1. The average Bonchev–Trinajstić information content (AvgIpc) is 3.11. The molecule has 0 aliphatic carbocycles. The van der Waals surface area contributed by atoms with E-state index in [1.165, 1.54) is 40.9 Å². The molecular formula is C18H24N4O9S2. The highest BCUT2D eigenvalue weighted by atomic mass is 32.2. The van der Waals surface area contributed by atoms with Crippen LogP contribution in [-0.4, -0.2) is 79.1 Å². The predicted molar refractivity (Wildman–Crippen MR) is 118 cm³/mol. The van der Waals surface area contributed by atoms with Crippen LogP contribution in [0.2, 0.25) is 0 Å². The Balaban J connectivity index is 1.95. The largest absolute Gasteiger partial charge is 0.445 e. The van der Waals surface area contributed by atoms with Crippen molar-refractivity contribution in [3.8, 4) is 0 Å². The molecule has 1 heterocycles. The van der Waals surface area contributed by atoms with Crippen molar-refractivity contribution in [2.75, 3.05) is 30.9 Å². The van der Waals surface area contributed by atoms with E-state index in [2.05, 4.69) is 5.32 Å². The molecule has 1 saturated heterocycles. The summed E-state index contributed by atoms with van der Waals surface area (Å²) in [6, 6.07) is 5.04. The second kappa shape index (κ2) is 11.8. The molecule has 1 aliphatic rings. The van der Waals surface area contributed by atoms with Gasteiger partial charge in [0, 0.05) is 23.9 Å². The summed E-state index contributed by atoms with van der Waals surface area (Å²) in [6.45, 7) is -0.445. The van der Waals surface area contributed by atoms with Crippen LogP contribution in [0.1, 0.15) is 12.0 Å². The van der Waals surface area contributed by atoms with Gasteiger partial charge in [0.15, 0.2) is 0 Å². The van der Waals surface area contributed by atoms with Gasteiger partial charge >= 0.3 is 6.09 Å². The highest BCUT2D eigenvalue weighted by molar-refractivity contribution is 8.00. The molecule has 1 aromatic carbocycles. The van der Waals surface area contributed by atoms with Crippen LogP contribution in [0, 0.1) is 10.1 Å². The van der Waals surface area contributed by atoms with Crippen LogP contribution >= 0.6 is 11.8 Å². The Bertz CT molecular complexity index is 985. The van der Waals surface area contributed by atoms with Gasteiger partial charge in [-0.2, -0.15) is 8.42 Å². The lowest BCUT2D eigenvalue weighted by atomic mass is 10.2. The standard InChI is InChI=1S/C18H24N4O9S2/c1-33(28,29)31-15-6-14(10-32-11-17(24)20-7-16(19)23)21(8-15)18(25)30-9-12-2-4-13(5-3-12)22(26)27/h2-5,14-15H,6-11H2,1H3,(H2,19,23)(H,20,24)/t14-,15-/m0/s1. The Kier molecular flexibility index (Phi) is 9.43. The molecule has 0 saturated carbocycles. The molecule has 0 unspecified atom stereocenters. The number of thioether (sulfide) groups is 1. The Hall–Kier alpha value is -2.91. The SMILES string of the molecule is CS(=O)(=O)O[C@H]1C[C@@H](CSCC(=O)NCC(N)=O)N(C(=O)OCc2ccc([N+](=O)[O-])cc2)C1. The molecule has 13 nitrogen and oxygen atoms in total. The second-order valence-electron chi connectivity index (χ2n) is 7.20. The summed E-state index contributed by atoms with van der Waals surface area (Å²) in [5.41, 5.74) is 5.41.